The summed E-state index contributed by atoms with van der Waals surface area (Å²) < 4.78 is 17.7. The standard InChI is InChI=1S/C16H34O2P.Fe/c1-5-8-10-11-12-15(4)18-19(17)14-16(7-3)13-9-6-2;/h15-16H,5-14H2,1-4H3;/q+1;+3. The zero-order chi connectivity index (χ0) is 14.5. The van der Waals surface area contributed by atoms with Crippen LogP contribution in [-0.4, -0.2) is 12.3 Å². The Bertz CT molecular complexity index is 225. The van der Waals surface area contributed by atoms with Crippen LogP contribution in [0.2, 0.25) is 0 Å². The van der Waals surface area contributed by atoms with E-state index in [1.807, 2.05) is 0 Å². The molecule has 4 heteroatoms. The van der Waals surface area contributed by atoms with Gasteiger partial charge in [-0.1, -0.05) is 59.3 Å². The van der Waals surface area contributed by atoms with Gasteiger partial charge < -0.3 is 0 Å². The van der Waals surface area contributed by atoms with Crippen LogP contribution in [0.1, 0.15) is 85.5 Å². The van der Waals surface area contributed by atoms with Gasteiger partial charge in [0.25, 0.3) is 0 Å². The maximum Gasteiger partial charge on any atom is 3.00 e. The van der Waals surface area contributed by atoms with Crippen LogP contribution in [0.4, 0.5) is 0 Å². The van der Waals surface area contributed by atoms with Crippen LogP contribution in [0.5, 0.6) is 0 Å². The van der Waals surface area contributed by atoms with E-state index in [9.17, 15) is 4.57 Å². The average Bonchev–Trinajstić information content (AvgIpc) is 2.39. The summed E-state index contributed by atoms with van der Waals surface area (Å²) in [6.45, 7) is 8.68. The van der Waals surface area contributed by atoms with Gasteiger partial charge >= 0.3 is 25.1 Å². The molecule has 1 radical (unpaired) electrons. The van der Waals surface area contributed by atoms with Crippen molar-refractivity contribution in [3.63, 3.8) is 0 Å². The van der Waals surface area contributed by atoms with E-state index in [-0.39, 0.29) is 23.2 Å². The first kappa shape index (κ1) is 22.9. The molecule has 3 unspecified atom stereocenters. The minimum absolute atomic E-state index is 0. The fourth-order valence-corrected chi connectivity index (χ4v) is 3.74. The molecular formula is C16H34FeO2P+4. The van der Waals surface area contributed by atoms with E-state index >= 15 is 0 Å². The third kappa shape index (κ3) is 13.6. The topological polar surface area (TPSA) is 26.3 Å². The van der Waals surface area contributed by atoms with Gasteiger partial charge in [-0.15, -0.1) is 4.52 Å². The minimum atomic E-state index is -1.46. The van der Waals surface area contributed by atoms with Crippen LogP contribution < -0.4 is 0 Å². The number of rotatable bonds is 13. The summed E-state index contributed by atoms with van der Waals surface area (Å²) in [6.07, 6.45) is 11.8. The molecule has 2 nitrogen and oxygen atoms in total. The van der Waals surface area contributed by atoms with E-state index in [0.717, 1.165) is 19.0 Å². The molecule has 0 aliphatic carbocycles. The van der Waals surface area contributed by atoms with Gasteiger partial charge in [-0.05, 0) is 30.8 Å². The zero-order valence-electron chi connectivity index (χ0n) is 13.8. The normalized spacial score (nSPS) is 14.5. The van der Waals surface area contributed by atoms with Crippen molar-refractivity contribution in [3.05, 3.63) is 0 Å². The molecule has 0 amide bonds. The Hall–Kier alpha value is 0.579. The molecule has 0 rings (SSSR count). The van der Waals surface area contributed by atoms with Gasteiger partial charge in [-0.2, -0.15) is 0 Å². The van der Waals surface area contributed by atoms with Crippen molar-refractivity contribution in [3.8, 4) is 0 Å². The summed E-state index contributed by atoms with van der Waals surface area (Å²) >= 11 is 0. The predicted molar refractivity (Wildman–Crippen MR) is 85.1 cm³/mol. The van der Waals surface area contributed by atoms with Crippen LogP contribution in [-0.2, 0) is 26.2 Å². The Labute approximate surface area is 138 Å². The summed E-state index contributed by atoms with van der Waals surface area (Å²) in [5, 5.41) is 0. The van der Waals surface area contributed by atoms with Gasteiger partial charge in [0.05, 0.1) is 0 Å². The van der Waals surface area contributed by atoms with E-state index in [1.165, 1.54) is 44.9 Å². The van der Waals surface area contributed by atoms with E-state index in [1.54, 1.807) is 0 Å². The SMILES string of the molecule is CCCCCCC(C)O[P+](=O)CC(CC)CCCC.[Fe+3]. The van der Waals surface area contributed by atoms with Crippen molar-refractivity contribution in [2.75, 3.05) is 6.16 Å². The monoisotopic (exact) mass is 345 g/mol. The Morgan fingerprint density at radius 3 is 2.15 bits per heavy atom. The number of hydrogen-bond acceptors (Lipinski definition) is 2. The molecule has 0 saturated carbocycles. The molecular weight excluding hydrogens is 311 g/mol. The molecule has 0 heterocycles. The molecule has 3 atom stereocenters. The number of unbranched alkanes of at least 4 members (excludes halogenated alkanes) is 4. The average molecular weight is 345 g/mol. The van der Waals surface area contributed by atoms with Crippen LogP contribution in [0, 0.1) is 5.92 Å². The second kappa shape index (κ2) is 16.0. The first-order chi connectivity index (χ1) is 9.13. The van der Waals surface area contributed by atoms with Crippen molar-refractivity contribution >= 4 is 8.03 Å². The molecule has 0 fully saturated rings. The Balaban J connectivity index is 0. The molecule has 0 N–H and O–H groups in total. The van der Waals surface area contributed by atoms with Crippen molar-refractivity contribution in [2.45, 2.75) is 91.6 Å². The second-order valence-corrected chi connectivity index (χ2v) is 6.94. The smallest absolute Gasteiger partial charge is 0.143 e. The Morgan fingerprint density at radius 2 is 1.60 bits per heavy atom. The molecule has 0 aromatic heterocycles. The molecule has 20 heavy (non-hydrogen) atoms. The van der Waals surface area contributed by atoms with Gasteiger partial charge in [-0.25, -0.2) is 0 Å². The predicted octanol–water partition coefficient (Wildman–Crippen LogP) is 6.32. The van der Waals surface area contributed by atoms with Crippen LogP contribution >= 0.6 is 8.03 Å². The van der Waals surface area contributed by atoms with Crippen molar-refractivity contribution < 1.29 is 26.2 Å². The summed E-state index contributed by atoms with van der Waals surface area (Å²) in [5.74, 6) is 0.579. The zero-order valence-corrected chi connectivity index (χ0v) is 15.8. The second-order valence-electron chi connectivity index (χ2n) is 5.70. The molecule has 119 valence electrons. The van der Waals surface area contributed by atoms with Gasteiger partial charge in [0.15, 0.2) is 6.16 Å². The minimum Gasteiger partial charge on any atom is -0.143 e. The molecule has 0 saturated heterocycles. The molecule has 0 bridgehead atoms. The molecule has 0 aromatic carbocycles. The van der Waals surface area contributed by atoms with Crippen molar-refractivity contribution in [2.24, 2.45) is 5.92 Å². The van der Waals surface area contributed by atoms with E-state index in [4.69, 9.17) is 4.52 Å². The quantitative estimate of drug-likeness (QED) is 0.222. The van der Waals surface area contributed by atoms with Crippen molar-refractivity contribution in [1.29, 1.82) is 0 Å². The van der Waals surface area contributed by atoms with Crippen molar-refractivity contribution in [1.82, 2.24) is 0 Å². The van der Waals surface area contributed by atoms with Crippen LogP contribution in [0.25, 0.3) is 0 Å². The van der Waals surface area contributed by atoms with E-state index < -0.39 is 8.03 Å². The van der Waals surface area contributed by atoms with Gasteiger partial charge in [0.2, 0.25) is 0 Å². The molecule has 0 aromatic rings. The third-order valence-electron chi connectivity index (χ3n) is 3.71. The third-order valence-corrected chi connectivity index (χ3v) is 5.12. The maximum absolute atomic E-state index is 12.0. The molecule has 0 aliphatic rings. The van der Waals surface area contributed by atoms with Gasteiger partial charge in [0, 0.05) is 5.92 Å². The van der Waals surface area contributed by atoms with Crippen LogP contribution in [0.3, 0.4) is 0 Å². The Morgan fingerprint density at radius 1 is 0.950 bits per heavy atom. The fraction of sp³-hybridized carbons (Fsp3) is 1.00. The summed E-state index contributed by atoms with van der Waals surface area (Å²) in [4.78, 5) is 0. The van der Waals surface area contributed by atoms with E-state index in [2.05, 4.69) is 27.7 Å². The van der Waals surface area contributed by atoms with Crippen LogP contribution in [0.15, 0.2) is 0 Å². The summed E-state index contributed by atoms with van der Waals surface area (Å²) in [5.41, 5.74) is 0. The van der Waals surface area contributed by atoms with Gasteiger partial charge in [-0.3, -0.25) is 0 Å². The molecule has 0 aliphatic heterocycles. The summed E-state index contributed by atoms with van der Waals surface area (Å²) in [7, 11) is -1.46. The fourth-order valence-electron chi connectivity index (χ4n) is 2.28. The van der Waals surface area contributed by atoms with Gasteiger partial charge in [0.1, 0.15) is 6.10 Å². The molecule has 0 spiro atoms. The maximum atomic E-state index is 12.0. The largest absolute Gasteiger partial charge is 3.00 e. The first-order valence-corrected chi connectivity index (χ1v) is 9.61. The summed E-state index contributed by atoms with van der Waals surface area (Å²) in [6, 6.07) is 0. The van der Waals surface area contributed by atoms with E-state index in [0.29, 0.717) is 5.92 Å². The number of hydrogen-bond donors (Lipinski definition) is 0. The first-order valence-electron chi connectivity index (χ1n) is 8.25. The Kier molecular flexibility index (Phi) is 18.2.